The molecule has 5 nitrogen and oxygen atoms in total. The summed E-state index contributed by atoms with van der Waals surface area (Å²) in [6, 6.07) is 5.84. The summed E-state index contributed by atoms with van der Waals surface area (Å²) in [4.78, 5) is 22.0. The first-order valence-electron chi connectivity index (χ1n) is 5.84. The van der Waals surface area contributed by atoms with Crippen molar-refractivity contribution >= 4 is 11.9 Å². The van der Waals surface area contributed by atoms with Gasteiger partial charge in [0.15, 0.2) is 0 Å². The number of aliphatic carboxylic acids is 1. The molecule has 0 radical (unpaired) electrons. The number of carboxylic acid groups (broad SMARTS) is 1. The number of hydrogen-bond donors (Lipinski definition) is 2. The smallest absolute Gasteiger partial charge is 0.471 e. The lowest BCUT2D eigenvalue weighted by atomic mass is 9.88. The summed E-state index contributed by atoms with van der Waals surface area (Å²) in [7, 11) is 1.36. The van der Waals surface area contributed by atoms with E-state index in [9.17, 15) is 22.8 Å². The number of carbonyl (C=O) groups is 2. The van der Waals surface area contributed by atoms with Crippen molar-refractivity contribution in [3.8, 4) is 5.75 Å². The lowest BCUT2D eigenvalue weighted by Gasteiger charge is -2.30. The van der Waals surface area contributed by atoms with Gasteiger partial charge in [-0.2, -0.15) is 13.2 Å². The first-order valence-corrected chi connectivity index (χ1v) is 5.84. The van der Waals surface area contributed by atoms with Crippen molar-refractivity contribution in [1.82, 2.24) is 5.32 Å². The van der Waals surface area contributed by atoms with Crippen LogP contribution in [0.15, 0.2) is 24.3 Å². The molecular weight excluding hydrogens is 291 g/mol. The first kappa shape index (κ1) is 16.8. The van der Waals surface area contributed by atoms with Crippen LogP contribution in [0.4, 0.5) is 13.2 Å². The van der Waals surface area contributed by atoms with Gasteiger partial charge in [0.25, 0.3) is 0 Å². The van der Waals surface area contributed by atoms with E-state index >= 15 is 0 Å². The fourth-order valence-corrected chi connectivity index (χ4v) is 1.81. The second kappa shape index (κ2) is 6.02. The van der Waals surface area contributed by atoms with Gasteiger partial charge in [-0.1, -0.05) is 12.1 Å². The molecule has 0 heterocycles. The summed E-state index contributed by atoms with van der Waals surface area (Å²) in [5, 5.41) is 10.6. The maximum Gasteiger partial charge on any atom is 0.471 e. The summed E-state index contributed by atoms with van der Waals surface area (Å²) in [6.45, 7) is 1.21. The van der Waals surface area contributed by atoms with E-state index in [4.69, 9.17) is 9.84 Å². The molecule has 0 aliphatic rings. The zero-order valence-corrected chi connectivity index (χ0v) is 11.3. The van der Waals surface area contributed by atoms with Gasteiger partial charge in [0.2, 0.25) is 0 Å². The average molecular weight is 305 g/mol. The Hall–Kier alpha value is -2.25. The number of ether oxygens (including phenoxy) is 1. The van der Waals surface area contributed by atoms with Gasteiger partial charge >= 0.3 is 18.1 Å². The molecule has 0 aliphatic carbocycles. The van der Waals surface area contributed by atoms with Gasteiger partial charge in [0.05, 0.1) is 19.1 Å². The largest absolute Gasteiger partial charge is 0.497 e. The minimum atomic E-state index is -5.10. The molecule has 1 atom stereocenters. The van der Waals surface area contributed by atoms with Crippen molar-refractivity contribution in [2.45, 2.75) is 25.1 Å². The van der Waals surface area contributed by atoms with Crippen molar-refractivity contribution in [3.05, 3.63) is 29.8 Å². The summed E-state index contributed by atoms with van der Waals surface area (Å²) >= 11 is 0. The Bertz CT molecular complexity index is 544. The van der Waals surface area contributed by atoms with Crippen LogP contribution in [0.25, 0.3) is 0 Å². The van der Waals surface area contributed by atoms with E-state index < -0.39 is 30.0 Å². The second-order valence-corrected chi connectivity index (χ2v) is 4.59. The number of carbonyl (C=O) groups excluding carboxylic acids is 1. The molecule has 0 aromatic heterocycles. The van der Waals surface area contributed by atoms with Crippen LogP contribution in [-0.4, -0.2) is 30.3 Å². The topological polar surface area (TPSA) is 75.6 Å². The Labute approximate surface area is 118 Å². The van der Waals surface area contributed by atoms with Crippen LogP contribution >= 0.6 is 0 Å². The van der Waals surface area contributed by atoms with E-state index in [2.05, 4.69) is 0 Å². The molecule has 116 valence electrons. The summed E-state index contributed by atoms with van der Waals surface area (Å²) in [6.07, 6.45) is -5.80. The van der Waals surface area contributed by atoms with Crippen molar-refractivity contribution in [1.29, 1.82) is 0 Å². The van der Waals surface area contributed by atoms with Crippen LogP contribution in [0.1, 0.15) is 18.9 Å². The number of amides is 1. The van der Waals surface area contributed by atoms with Gasteiger partial charge in [0.1, 0.15) is 5.75 Å². The lowest BCUT2D eigenvalue weighted by Crippen LogP contribution is -2.50. The predicted molar refractivity (Wildman–Crippen MR) is 66.8 cm³/mol. The molecule has 0 bridgehead atoms. The second-order valence-electron chi connectivity index (χ2n) is 4.59. The zero-order chi connectivity index (χ0) is 16.3. The van der Waals surface area contributed by atoms with E-state index in [1.807, 2.05) is 0 Å². The molecule has 2 N–H and O–H groups in total. The van der Waals surface area contributed by atoms with Crippen molar-refractivity contribution in [3.63, 3.8) is 0 Å². The van der Waals surface area contributed by atoms with Gasteiger partial charge in [-0.05, 0) is 24.6 Å². The quantitative estimate of drug-likeness (QED) is 0.873. The number of benzene rings is 1. The molecule has 8 heteroatoms. The highest BCUT2D eigenvalue weighted by Gasteiger charge is 2.43. The number of methoxy groups -OCH3 is 1. The van der Waals surface area contributed by atoms with Crippen molar-refractivity contribution in [2.75, 3.05) is 7.11 Å². The molecule has 0 saturated carbocycles. The van der Waals surface area contributed by atoms with Crippen LogP contribution in [0, 0.1) is 0 Å². The van der Waals surface area contributed by atoms with Crippen LogP contribution in [0.5, 0.6) is 5.75 Å². The molecule has 1 rings (SSSR count). The Morgan fingerprint density at radius 3 is 2.43 bits per heavy atom. The minimum Gasteiger partial charge on any atom is -0.497 e. The van der Waals surface area contributed by atoms with Crippen LogP contribution in [0.3, 0.4) is 0 Å². The Morgan fingerprint density at radius 2 is 1.95 bits per heavy atom. The number of alkyl halides is 3. The standard InChI is InChI=1S/C13H14F3NO4/c1-12(7-10(18)19,17-11(20)13(14,15)16)8-4-3-5-9(6-8)21-2/h3-6H,7H2,1-2H3,(H,17,20)(H,18,19). The molecule has 1 amide bonds. The molecule has 1 unspecified atom stereocenters. The van der Waals surface area contributed by atoms with E-state index in [0.29, 0.717) is 5.75 Å². The van der Waals surface area contributed by atoms with Gasteiger partial charge < -0.3 is 15.2 Å². The molecule has 0 aliphatic heterocycles. The molecule has 0 fully saturated rings. The number of halogens is 3. The average Bonchev–Trinajstić information content (AvgIpc) is 2.36. The van der Waals surface area contributed by atoms with Gasteiger partial charge in [-0.25, -0.2) is 0 Å². The van der Waals surface area contributed by atoms with E-state index in [1.54, 1.807) is 11.4 Å². The summed E-state index contributed by atoms with van der Waals surface area (Å²) < 4.78 is 42.1. The SMILES string of the molecule is COc1cccc(C(C)(CC(=O)O)NC(=O)C(F)(F)F)c1. The maximum absolute atomic E-state index is 12.4. The minimum absolute atomic E-state index is 0.196. The molecule has 0 saturated heterocycles. The third kappa shape index (κ3) is 4.37. The zero-order valence-electron chi connectivity index (χ0n) is 11.3. The molecule has 1 aromatic carbocycles. The molecule has 0 spiro atoms. The third-order valence-electron chi connectivity index (χ3n) is 2.86. The fraction of sp³-hybridized carbons (Fsp3) is 0.385. The molecular formula is C13H14F3NO4. The van der Waals surface area contributed by atoms with Crippen LogP contribution in [-0.2, 0) is 15.1 Å². The summed E-state index contributed by atoms with van der Waals surface area (Å²) in [5.41, 5.74) is -1.52. The highest BCUT2D eigenvalue weighted by atomic mass is 19.4. The predicted octanol–water partition coefficient (Wildman–Crippen LogP) is 2.06. The fourth-order valence-electron chi connectivity index (χ4n) is 1.81. The van der Waals surface area contributed by atoms with E-state index in [-0.39, 0.29) is 5.56 Å². The van der Waals surface area contributed by atoms with Gasteiger partial charge in [-0.15, -0.1) is 0 Å². The lowest BCUT2D eigenvalue weighted by molar-refractivity contribution is -0.176. The highest BCUT2D eigenvalue weighted by Crippen LogP contribution is 2.29. The normalized spacial score (nSPS) is 14.1. The van der Waals surface area contributed by atoms with Crippen LogP contribution < -0.4 is 10.1 Å². The third-order valence-corrected chi connectivity index (χ3v) is 2.86. The van der Waals surface area contributed by atoms with Crippen molar-refractivity contribution < 1.29 is 32.6 Å². The Kier molecular flexibility index (Phi) is 4.82. The number of carboxylic acids is 1. The van der Waals surface area contributed by atoms with E-state index in [1.165, 1.54) is 32.2 Å². The number of hydrogen-bond acceptors (Lipinski definition) is 3. The summed E-state index contributed by atoms with van der Waals surface area (Å²) in [5.74, 6) is -3.21. The Balaban J connectivity index is 3.19. The number of rotatable bonds is 5. The molecule has 21 heavy (non-hydrogen) atoms. The maximum atomic E-state index is 12.4. The van der Waals surface area contributed by atoms with Gasteiger partial charge in [0, 0.05) is 0 Å². The highest BCUT2D eigenvalue weighted by molar-refractivity contribution is 5.83. The molecule has 1 aromatic rings. The van der Waals surface area contributed by atoms with Gasteiger partial charge in [-0.3, -0.25) is 9.59 Å². The van der Waals surface area contributed by atoms with Crippen LogP contribution in [0.2, 0.25) is 0 Å². The monoisotopic (exact) mass is 305 g/mol. The van der Waals surface area contributed by atoms with E-state index in [0.717, 1.165) is 0 Å². The number of nitrogens with one attached hydrogen (secondary N) is 1. The Morgan fingerprint density at radius 1 is 1.33 bits per heavy atom. The van der Waals surface area contributed by atoms with Crippen molar-refractivity contribution in [2.24, 2.45) is 0 Å². The first-order chi connectivity index (χ1) is 9.58.